The fourth-order valence-electron chi connectivity index (χ4n) is 5.94. The number of nitrogens with zero attached hydrogens (tertiary/aromatic N) is 1. The Morgan fingerprint density at radius 2 is 1.86 bits per heavy atom. The van der Waals surface area contributed by atoms with Crippen LogP contribution < -0.4 is 0 Å². The molecule has 1 N–H and O–H groups in total. The second kappa shape index (κ2) is 9.66. The third-order valence-electron chi connectivity index (χ3n) is 7.61. The molecule has 0 bridgehead atoms. The van der Waals surface area contributed by atoms with Crippen molar-refractivity contribution in [3.63, 3.8) is 0 Å². The number of fused-ring (bicyclic) bond motifs is 1. The summed E-state index contributed by atoms with van der Waals surface area (Å²) in [6.07, 6.45) is 0.445. The molecule has 2 atom stereocenters. The quantitative estimate of drug-likeness (QED) is 0.447. The fourth-order valence-corrected chi connectivity index (χ4v) is 5.94. The fraction of sp³-hybridized carbons (Fsp3) is 0.571. The standard InChI is InChI=1S/C28H34F3NO3/c1-16(35-4)26-24(19-12-17(15-33)10-11-20(19)28(29,30)31)23(18-8-6-5-7-9-18)25-21(32-26)13-27(2,3)14-22(25)34/h10-12,15-16,18,22,34H,5-9,13-14H2,1-4H3/t16?,22-/m0/s1. The van der Waals surface area contributed by atoms with Crippen LogP contribution in [0.4, 0.5) is 13.2 Å². The maximum atomic E-state index is 14.3. The summed E-state index contributed by atoms with van der Waals surface area (Å²) in [6, 6.07) is 3.49. The van der Waals surface area contributed by atoms with E-state index >= 15 is 0 Å². The summed E-state index contributed by atoms with van der Waals surface area (Å²) in [5, 5.41) is 11.3. The number of pyridine rings is 1. The van der Waals surface area contributed by atoms with Gasteiger partial charge in [0, 0.05) is 29.5 Å². The normalized spacial score (nSPS) is 21.4. The number of ether oxygens (including phenoxy) is 1. The summed E-state index contributed by atoms with van der Waals surface area (Å²) in [5.74, 6) is 0.00939. The smallest absolute Gasteiger partial charge is 0.388 e. The molecule has 4 rings (SSSR count). The van der Waals surface area contributed by atoms with Crippen LogP contribution in [0.15, 0.2) is 18.2 Å². The number of rotatable bonds is 5. The van der Waals surface area contributed by atoms with Gasteiger partial charge in [-0.3, -0.25) is 9.78 Å². The molecule has 1 unspecified atom stereocenters. The van der Waals surface area contributed by atoms with Crippen LogP contribution in [0.2, 0.25) is 0 Å². The molecule has 0 aliphatic heterocycles. The highest BCUT2D eigenvalue weighted by Crippen LogP contribution is 2.51. The van der Waals surface area contributed by atoms with Crippen LogP contribution in [0.25, 0.3) is 11.1 Å². The summed E-state index contributed by atoms with van der Waals surface area (Å²) >= 11 is 0. The summed E-state index contributed by atoms with van der Waals surface area (Å²) in [6.45, 7) is 5.93. The lowest BCUT2D eigenvalue weighted by atomic mass is 9.69. The molecular weight excluding hydrogens is 455 g/mol. The molecule has 0 amide bonds. The van der Waals surface area contributed by atoms with E-state index in [1.54, 1.807) is 6.92 Å². The van der Waals surface area contributed by atoms with Crippen LogP contribution in [0.5, 0.6) is 0 Å². The number of carbonyl (C=O) groups is 1. The highest BCUT2D eigenvalue weighted by atomic mass is 19.4. The summed E-state index contributed by atoms with van der Waals surface area (Å²) < 4.78 is 48.5. The van der Waals surface area contributed by atoms with E-state index in [1.807, 2.05) is 0 Å². The average Bonchev–Trinajstić information content (AvgIpc) is 2.81. The second-order valence-electron chi connectivity index (χ2n) is 10.8. The SMILES string of the molecule is COC(C)c1nc2c(c(C3CCCCC3)c1-c1cc(C=O)ccc1C(F)(F)F)[C@@H](O)CC(C)(C)C2. The maximum absolute atomic E-state index is 14.3. The van der Waals surface area contributed by atoms with Gasteiger partial charge in [0.15, 0.2) is 0 Å². The zero-order valence-electron chi connectivity index (χ0n) is 20.8. The van der Waals surface area contributed by atoms with E-state index in [1.165, 1.54) is 19.2 Å². The molecule has 7 heteroatoms. The van der Waals surface area contributed by atoms with Gasteiger partial charge in [-0.1, -0.05) is 39.2 Å². The average molecular weight is 490 g/mol. The first kappa shape index (κ1) is 25.8. The van der Waals surface area contributed by atoms with E-state index in [9.17, 15) is 23.1 Å². The molecule has 2 aliphatic rings. The molecule has 1 saturated carbocycles. The summed E-state index contributed by atoms with van der Waals surface area (Å²) in [4.78, 5) is 16.5. The van der Waals surface area contributed by atoms with E-state index in [0.717, 1.165) is 49.4 Å². The third kappa shape index (κ3) is 5.03. The number of hydrogen-bond acceptors (Lipinski definition) is 4. The van der Waals surface area contributed by atoms with Crippen LogP contribution in [0.3, 0.4) is 0 Å². The molecule has 2 aromatic rings. The molecular formula is C28H34F3NO3. The number of alkyl halides is 3. The molecule has 2 aliphatic carbocycles. The maximum Gasteiger partial charge on any atom is 0.417 e. The van der Waals surface area contributed by atoms with Crippen molar-refractivity contribution in [3.8, 4) is 11.1 Å². The summed E-state index contributed by atoms with van der Waals surface area (Å²) in [5.41, 5.74) is 2.12. The number of halogens is 3. The molecule has 0 saturated heterocycles. The van der Waals surface area contributed by atoms with E-state index in [4.69, 9.17) is 9.72 Å². The Morgan fingerprint density at radius 1 is 1.17 bits per heavy atom. The zero-order chi connectivity index (χ0) is 25.5. The molecule has 1 fully saturated rings. The van der Waals surface area contributed by atoms with Crippen molar-refractivity contribution in [2.75, 3.05) is 7.11 Å². The van der Waals surface area contributed by atoms with Gasteiger partial charge in [0.2, 0.25) is 0 Å². The first-order chi connectivity index (χ1) is 16.5. The second-order valence-corrected chi connectivity index (χ2v) is 10.8. The topological polar surface area (TPSA) is 59.4 Å². The largest absolute Gasteiger partial charge is 0.417 e. The molecule has 1 aromatic carbocycles. The highest BCUT2D eigenvalue weighted by Gasteiger charge is 2.41. The third-order valence-corrected chi connectivity index (χ3v) is 7.61. The Bertz CT molecular complexity index is 1100. The van der Waals surface area contributed by atoms with E-state index in [-0.39, 0.29) is 22.5 Å². The number of benzene rings is 1. The minimum Gasteiger partial charge on any atom is -0.388 e. The van der Waals surface area contributed by atoms with Gasteiger partial charge in [0.1, 0.15) is 6.29 Å². The van der Waals surface area contributed by atoms with Crippen LogP contribution >= 0.6 is 0 Å². The van der Waals surface area contributed by atoms with Crippen molar-refractivity contribution in [2.45, 2.75) is 90.0 Å². The Balaban J connectivity index is 2.14. The highest BCUT2D eigenvalue weighted by molar-refractivity contribution is 5.83. The number of carbonyl (C=O) groups excluding carboxylic acids is 1. The monoisotopic (exact) mass is 489 g/mol. The Hall–Kier alpha value is -2.25. The molecule has 1 aromatic heterocycles. The van der Waals surface area contributed by atoms with Crippen LogP contribution in [0.1, 0.15) is 116 Å². The van der Waals surface area contributed by atoms with Crippen molar-refractivity contribution in [1.82, 2.24) is 4.98 Å². The molecule has 190 valence electrons. The number of methoxy groups -OCH3 is 1. The van der Waals surface area contributed by atoms with Crippen molar-refractivity contribution < 1.29 is 27.8 Å². The predicted molar refractivity (Wildman–Crippen MR) is 128 cm³/mol. The minimum atomic E-state index is -4.62. The van der Waals surface area contributed by atoms with Gasteiger partial charge >= 0.3 is 6.18 Å². The molecule has 1 heterocycles. The van der Waals surface area contributed by atoms with Crippen molar-refractivity contribution in [2.24, 2.45) is 5.41 Å². The molecule has 35 heavy (non-hydrogen) atoms. The zero-order valence-corrected chi connectivity index (χ0v) is 20.8. The lowest BCUT2D eigenvalue weighted by molar-refractivity contribution is -0.137. The number of aliphatic hydroxyl groups is 1. The van der Waals surface area contributed by atoms with Gasteiger partial charge < -0.3 is 9.84 Å². The van der Waals surface area contributed by atoms with Crippen molar-refractivity contribution in [3.05, 3.63) is 51.8 Å². The van der Waals surface area contributed by atoms with Crippen molar-refractivity contribution in [1.29, 1.82) is 0 Å². The molecule has 0 spiro atoms. The lowest BCUT2D eigenvalue weighted by Gasteiger charge is -2.39. The molecule has 4 nitrogen and oxygen atoms in total. The Kier molecular flexibility index (Phi) is 7.13. The van der Waals surface area contributed by atoms with Crippen LogP contribution in [0, 0.1) is 5.41 Å². The Labute approximate surface area is 204 Å². The van der Waals surface area contributed by atoms with E-state index < -0.39 is 23.9 Å². The van der Waals surface area contributed by atoms with Gasteiger partial charge in [-0.05, 0) is 67.2 Å². The number of aromatic nitrogens is 1. The van der Waals surface area contributed by atoms with Gasteiger partial charge in [-0.15, -0.1) is 0 Å². The minimum absolute atomic E-state index is 0.00939. The Morgan fingerprint density at radius 3 is 2.46 bits per heavy atom. The molecule has 0 radical (unpaired) electrons. The van der Waals surface area contributed by atoms with E-state index in [0.29, 0.717) is 35.9 Å². The van der Waals surface area contributed by atoms with Crippen LogP contribution in [-0.4, -0.2) is 23.5 Å². The van der Waals surface area contributed by atoms with Gasteiger partial charge in [-0.2, -0.15) is 13.2 Å². The first-order valence-electron chi connectivity index (χ1n) is 12.4. The van der Waals surface area contributed by atoms with E-state index in [2.05, 4.69) is 13.8 Å². The number of aldehydes is 1. The first-order valence-corrected chi connectivity index (χ1v) is 12.4. The van der Waals surface area contributed by atoms with Gasteiger partial charge in [-0.25, -0.2) is 0 Å². The van der Waals surface area contributed by atoms with Gasteiger partial charge in [0.05, 0.1) is 23.5 Å². The van der Waals surface area contributed by atoms with Crippen LogP contribution in [-0.2, 0) is 17.3 Å². The van der Waals surface area contributed by atoms with Gasteiger partial charge in [0.25, 0.3) is 0 Å². The summed E-state index contributed by atoms with van der Waals surface area (Å²) in [7, 11) is 1.52. The number of hydrogen-bond donors (Lipinski definition) is 1. The predicted octanol–water partition coefficient (Wildman–Crippen LogP) is 7.34. The lowest BCUT2D eigenvalue weighted by Crippen LogP contribution is -2.30. The van der Waals surface area contributed by atoms with Crippen molar-refractivity contribution >= 4 is 6.29 Å². The number of aliphatic hydroxyl groups excluding tert-OH is 1.